The van der Waals surface area contributed by atoms with E-state index in [1.807, 2.05) is 49.4 Å². The molecule has 2 heteroatoms. The summed E-state index contributed by atoms with van der Waals surface area (Å²) in [5.41, 5.74) is 2.08. The van der Waals surface area contributed by atoms with Crippen molar-refractivity contribution in [2.75, 3.05) is 0 Å². The van der Waals surface area contributed by atoms with Gasteiger partial charge in [-0.1, -0.05) is 67.4 Å². The molecule has 0 aliphatic rings. The van der Waals surface area contributed by atoms with Gasteiger partial charge in [0.15, 0.2) is 5.60 Å². The summed E-state index contributed by atoms with van der Waals surface area (Å²) in [4.78, 5) is 11.3. The lowest BCUT2D eigenvalue weighted by atomic mass is 9.90. The summed E-state index contributed by atoms with van der Waals surface area (Å²) in [5, 5.41) is 0. The first-order chi connectivity index (χ1) is 10.1. The molecule has 2 nitrogen and oxygen atoms in total. The van der Waals surface area contributed by atoms with Gasteiger partial charge in [-0.3, -0.25) is 4.79 Å². The van der Waals surface area contributed by atoms with Crippen molar-refractivity contribution in [1.29, 1.82) is 0 Å². The van der Waals surface area contributed by atoms with Crippen molar-refractivity contribution >= 4 is 5.97 Å². The molecule has 0 amide bonds. The van der Waals surface area contributed by atoms with Crippen LogP contribution >= 0.6 is 0 Å². The fraction of sp³-hybridized carbons (Fsp3) is 0.211. The van der Waals surface area contributed by atoms with E-state index >= 15 is 0 Å². The molecular formula is C19H18O2. The smallest absolute Gasteiger partial charge is 0.304 e. The lowest BCUT2D eigenvalue weighted by Gasteiger charge is -2.27. The highest BCUT2D eigenvalue weighted by molar-refractivity contribution is 5.68. The standard InChI is InChI=1S/C19H18O2/c1-4-19(5-2,21-15(3)20)18-13-11-17(12-14-18)16-9-7-6-8-10-16/h1,6-14H,5H2,2-3H3. The maximum absolute atomic E-state index is 11.3. The number of ether oxygens (including phenoxy) is 1. The van der Waals surface area contributed by atoms with Crippen LogP contribution < -0.4 is 0 Å². The van der Waals surface area contributed by atoms with Gasteiger partial charge in [-0.2, -0.15) is 0 Å². The molecule has 1 unspecified atom stereocenters. The Hall–Kier alpha value is -2.53. The molecule has 0 aliphatic heterocycles. The second-order valence-electron chi connectivity index (χ2n) is 4.86. The summed E-state index contributed by atoms with van der Waals surface area (Å²) in [7, 11) is 0. The average Bonchev–Trinajstić information content (AvgIpc) is 2.53. The molecule has 2 aromatic rings. The first-order valence-corrected chi connectivity index (χ1v) is 6.94. The Kier molecular flexibility index (Phi) is 4.45. The quantitative estimate of drug-likeness (QED) is 0.620. The molecule has 0 saturated carbocycles. The molecule has 0 aliphatic carbocycles. The Morgan fingerprint density at radius 1 is 1.10 bits per heavy atom. The summed E-state index contributed by atoms with van der Waals surface area (Å²) >= 11 is 0. The van der Waals surface area contributed by atoms with Crippen molar-refractivity contribution in [2.24, 2.45) is 0 Å². The van der Waals surface area contributed by atoms with Crippen molar-refractivity contribution in [3.63, 3.8) is 0 Å². The highest BCUT2D eigenvalue weighted by Crippen LogP contribution is 2.31. The van der Waals surface area contributed by atoms with Gasteiger partial charge in [-0.15, -0.1) is 6.42 Å². The summed E-state index contributed by atoms with van der Waals surface area (Å²) in [6, 6.07) is 17.9. The molecule has 0 saturated heterocycles. The van der Waals surface area contributed by atoms with Gasteiger partial charge < -0.3 is 4.74 Å². The molecule has 0 bridgehead atoms. The Bertz CT molecular complexity index is 650. The van der Waals surface area contributed by atoms with E-state index in [4.69, 9.17) is 11.2 Å². The normalized spacial score (nSPS) is 13.0. The second kappa shape index (κ2) is 6.28. The minimum atomic E-state index is -0.985. The van der Waals surface area contributed by atoms with E-state index in [9.17, 15) is 4.79 Å². The zero-order valence-electron chi connectivity index (χ0n) is 12.3. The van der Waals surface area contributed by atoms with Gasteiger partial charge in [-0.25, -0.2) is 0 Å². The van der Waals surface area contributed by atoms with Crippen LogP contribution in [0.5, 0.6) is 0 Å². The fourth-order valence-corrected chi connectivity index (χ4v) is 2.36. The van der Waals surface area contributed by atoms with Crippen molar-refractivity contribution in [3.8, 4) is 23.5 Å². The number of carbonyl (C=O) groups excluding carboxylic acids is 1. The van der Waals surface area contributed by atoms with E-state index in [0.717, 1.165) is 16.7 Å². The van der Waals surface area contributed by atoms with E-state index in [2.05, 4.69) is 18.1 Å². The summed E-state index contributed by atoms with van der Waals surface area (Å²) in [6.07, 6.45) is 6.16. The Morgan fingerprint density at radius 3 is 2.14 bits per heavy atom. The average molecular weight is 278 g/mol. The molecule has 2 aromatic carbocycles. The van der Waals surface area contributed by atoms with Crippen LogP contribution in [-0.4, -0.2) is 5.97 Å². The summed E-state index contributed by atoms with van der Waals surface area (Å²) < 4.78 is 5.39. The molecule has 106 valence electrons. The zero-order valence-corrected chi connectivity index (χ0v) is 12.3. The van der Waals surface area contributed by atoms with Gasteiger partial charge in [0.1, 0.15) is 0 Å². The van der Waals surface area contributed by atoms with Crippen molar-refractivity contribution in [1.82, 2.24) is 0 Å². The van der Waals surface area contributed by atoms with Gasteiger partial charge in [0.05, 0.1) is 0 Å². The molecule has 0 spiro atoms. The highest BCUT2D eigenvalue weighted by Gasteiger charge is 2.31. The predicted octanol–water partition coefficient (Wildman–Crippen LogP) is 4.16. The van der Waals surface area contributed by atoms with Crippen LogP contribution in [0.25, 0.3) is 11.1 Å². The maximum Gasteiger partial charge on any atom is 0.304 e. The van der Waals surface area contributed by atoms with Crippen LogP contribution in [-0.2, 0) is 15.1 Å². The first kappa shape index (κ1) is 14.9. The van der Waals surface area contributed by atoms with E-state index in [-0.39, 0.29) is 5.97 Å². The minimum Gasteiger partial charge on any atom is -0.442 e. The van der Waals surface area contributed by atoms with Crippen molar-refractivity contribution < 1.29 is 9.53 Å². The maximum atomic E-state index is 11.3. The van der Waals surface area contributed by atoms with E-state index < -0.39 is 5.60 Å². The minimum absolute atomic E-state index is 0.373. The highest BCUT2D eigenvalue weighted by atomic mass is 16.6. The lowest BCUT2D eigenvalue weighted by Crippen LogP contribution is -2.29. The van der Waals surface area contributed by atoms with Crippen LogP contribution in [0.3, 0.4) is 0 Å². The van der Waals surface area contributed by atoms with Crippen LogP contribution in [0.1, 0.15) is 25.8 Å². The van der Waals surface area contributed by atoms with Gasteiger partial charge in [0, 0.05) is 18.9 Å². The van der Waals surface area contributed by atoms with Gasteiger partial charge in [0.25, 0.3) is 0 Å². The number of rotatable bonds is 4. The van der Waals surface area contributed by atoms with Crippen molar-refractivity contribution in [2.45, 2.75) is 25.9 Å². The van der Waals surface area contributed by atoms with Crippen LogP contribution in [0.15, 0.2) is 54.6 Å². The number of terminal acetylenes is 1. The van der Waals surface area contributed by atoms with Crippen molar-refractivity contribution in [3.05, 3.63) is 60.2 Å². The SMILES string of the molecule is C#CC(CC)(OC(C)=O)c1ccc(-c2ccccc2)cc1. The Labute approximate surface area is 125 Å². The summed E-state index contributed by atoms with van der Waals surface area (Å²) in [5.74, 6) is 2.26. The molecule has 21 heavy (non-hydrogen) atoms. The molecule has 0 fully saturated rings. The number of esters is 1. The van der Waals surface area contributed by atoms with Crippen LogP contribution in [0.2, 0.25) is 0 Å². The van der Waals surface area contributed by atoms with Crippen LogP contribution in [0, 0.1) is 12.3 Å². The van der Waals surface area contributed by atoms with Gasteiger partial charge >= 0.3 is 5.97 Å². The topological polar surface area (TPSA) is 26.3 Å². The monoisotopic (exact) mass is 278 g/mol. The molecule has 2 rings (SSSR count). The van der Waals surface area contributed by atoms with Gasteiger partial charge in [0.2, 0.25) is 0 Å². The second-order valence-corrected chi connectivity index (χ2v) is 4.86. The van der Waals surface area contributed by atoms with E-state index in [1.165, 1.54) is 6.92 Å². The first-order valence-electron chi connectivity index (χ1n) is 6.94. The number of hydrogen-bond acceptors (Lipinski definition) is 2. The third-order valence-corrected chi connectivity index (χ3v) is 3.51. The molecular weight excluding hydrogens is 260 g/mol. The summed E-state index contributed by atoms with van der Waals surface area (Å²) in [6.45, 7) is 3.29. The van der Waals surface area contributed by atoms with E-state index in [1.54, 1.807) is 0 Å². The Balaban J connectivity index is 2.37. The largest absolute Gasteiger partial charge is 0.442 e. The molecule has 1 atom stereocenters. The third kappa shape index (κ3) is 3.14. The molecule has 0 heterocycles. The molecule has 0 aromatic heterocycles. The number of benzene rings is 2. The van der Waals surface area contributed by atoms with E-state index in [0.29, 0.717) is 6.42 Å². The third-order valence-electron chi connectivity index (χ3n) is 3.51. The number of carbonyl (C=O) groups is 1. The lowest BCUT2D eigenvalue weighted by molar-refractivity contribution is -0.152. The zero-order chi connectivity index (χ0) is 15.3. The van der Waals surface area contributed by atoms with Crippen LogP contribution in [0.4, 0.5) is 0 Å². The number of hydrogen-bond donors (Lipinski definition) is 0. The molecule has 0 N–H and O–H groups in total. The fourth-order valence-electron chi connectivity index (χ4n) is 2.36. The Morgan fingerprint density at radius 2 is 1.67 bits per heavy atom. The van der Waals surface area contributed by atoms with Gasteiger partial charge in [-0.05, 0) is 11.1 Å². The molecule has 0 radical (unpaired) electrons. The predicted molar refractivity (Wildman–Crippen MR) is 84.4 cm³/mol.